The number of nitrogens with one attached hydrogen (secondary N) is 1. The van der Waals surface area contributed by atoms with Gasteiger partial charge in [0.1, 0.15) is 24.3 Å². The Morgan fingerprint density at radius 2 is 1.56 bits per heavy atom. The Bertz CT molecular complexity index is 1320. The topological polar surface area (TPSA) is 140 Å². The Balaban J connectivity index is 0.000000303. The average molecular weight is 640 g/mol. The second kappa shape index (κ2) is 15.2. The summed E-state index contributed by atoms with van der Waals surface area (Å²) in [7, 11) is 0. The van der Waals surface area contributed by atoms with Gasteiger partial charge < -0.3 is 25.3 Å². The number of nitrogens with two attached hydrogens (primary N) is 1. The zero-order valence-corrected chi connectivity index (χ0v) is 27.1. The first-order chi connectivity index (χ1) is 19.9. The maximum atomic E-state index is 12.3. The van der Waals surface area contributed by atoms with Gasteiger partial charge in [0.15, 0.2) is 0 Å². The molecule has 0 atom stereocenters. The van der Waals surface area contributed by atoms with E-state index in [1.165, 1.54) is 9.80 Å². The minimum Gasteiger partial charge on any atom is -0.465 e. The summed E-state index contributed by atoms with van der Waals surface area (Å²) in [6.07, 6.45) is -1.13. The van der Waals surface area contributed by atoms with Gasteiger partial charge in [-0.15, -0.1) is 0 Å². The number of hydrogen-bond donors (Lipinski definition) is 2. The van der Waals surface area contributed by atoms with Crippen LogP contribution >= 0.6 is 23.2 Å². The Labute approximate surface area is 262 Å². The Hall–Kier alpha value is -3.70. The summed E-state index contributed by atoms with van der Waals surface area (Å²) in [5.74, 6) is -0.768. The third kappa shape index (κ3) is 12.6. The van der Waals surface area contributed by atoms with Crippen LogP contribution in [-0.2, 0) is 36.9 Å². The van der Waals surface area contributed by atoms with E-state index in [4.69, 9.17) is 43.1 Å². The van der Waals surface area contributed by atoms with E-state index in [1.54, 1.807) is 84.9 Å². The first-order valence-corrected chi connectivity index (χ1v) is 14.4. The summed E-state index contributed by atoms with van der Waals surface area (Å²) in [4.78, 5) is 50.6. The molecule has 0 aliphatic carbocycles. The van der Waals surface area contributed by atoms with Gasteiger partial charge in [0, 0.05) is 21.4 Å². The fourth-order valence-corrected chi connectivity index (χ4v) is 4.08. The molecule has 0 spiro atoms. The van der Waals surface area contributed by atoms with Crippen molar-refractivity contribution >= 4 is 58.6 Å². The molecular weight excluding hydrogens is 599 g/mol. The van der Waals surface area contributed by atoms with Crippen LogP contribution in [0, 0.1) is 0 Å². The van der Waals surface area contributed by atoms with Crippen molar-refractivity contribution in [2.75, 3.05) is 30.7 Å². The van der Waals surface area contributed by atoms with Gasteiger partial charge in [-0.2, -0.15) is 0 Å². The molecule has 1 aliphatic heterocycles. The zero-order valence-electron chi connectivity index (χ0n) is 25.6. The highest BCUT2D eigenvalue weighted by Crippen LogP contribution is 2.25. The van der Waals surface area contributed by atoms with Gasteiger partial charge >= 0.3 is 18.2 Å². The van der Waals surface area contributed by atoms with Crippen LogP contribution in [0.25, 0.3) is 0 Å². The second-order valence-corrected chi connectivity index (χ2v) is 12.5. The van der Waals surface area contributed by atoms with Crippen LogP contribution in [0.4, 0.5) is 21.0 Å². The lowest BCUT2D eigenvalue weighted by Gasteiger charge is -2.27. The number of nitrogens with zero attached hydrogens (tertiary/aromatic N) is 2. The van der Waals surface area contributed by atoms with Crippen LogP contribution in [-0.4, -0.2) is 64.8 Å². The molecule has 236 valence electrons. The lowest BCUT2D eigenvalue weighted by Crippen LogP contribution is -2.40. The zero-order chi connectivity index (χ0) is 32.5. The summed E-state index contributed by atoms with van der Waals surface area (Å²) >= 11 is 11.9. The Morgan fingerprint density at radius 1 is 0.953 bits per heavy atom. The summed E-state index contributed by atoms with van der Waals surface area (Å²) in [6, 6.07) is 10.1. The average Bonchev–Trinajstić information content (AvgIpc) is 3.02. The van der Waals surface area contributed by atoms with Gasteiger partial charge in [-0.3, -0.25) is 19.4 Å². The molecule has 0 radical (unpaired) electrons. The van der Waals surface area contributed by atoms with Crippen molar-refractivity contribution in [2.24, 2.45) is 0 Å². The molecule has 0 saturated carbocycles. The van der Waals surface area contributed by atoms with E-state index in [0.717, 1.165) is 5.56 Å². The molecule has 2 aromatic carbocycles. The number of halogens is 2. The van der Waals surface area contributed by atoms with E-state index in [0.29, 0.717) is 27.0 Å². The maximum Gasteiger partial charge on any atom is 0.411 e. The van der Waals surface area contributed by atoms with E-state index in [-0.39, 0.29) is 38.7 Å². The molecule has 0 aromatic heterocycles. The van der Waals surface area contributed by atoms with Crippen LogP contribution in [0.5, 0.6) is 0 Å². The van der Waals surface area contributed by atoms with Gasteiger partial charge in [0.05, 0.1) is 19.7 Å². The van der Waals surface area contributed by atoms with Crippen molar-refractivity contribution in [3.63, 3.8) is 0 Å². The molecule has 3 amide bonds. The number of benzene rings is 2. The highest BCUT2D eigenvalue weighted by atomic mass is 35.5. The smallest absolute Gasteiger partial charge is 0.411 e. The molecular formula is C30H40Cl2N4O7. The molecule has 13 heteroatoms. The highest BCUT2D eigenvalue weighted by Gasteiger charge is 2.28. The highest BCUT2D eigenvalue weighted by molar-refractivity contribution is 6.31. The number of carbonyl (C=O) groups excluding carboxylic acids is 4. The van der Waals surface area contributed by atoms with Crippen LogP contribution in [0.1, 0.15) is 59.6 Å². The Kier molecular flexibility index (Phi) is 12.5. The summed E-state index contributed by atoms with van der Waals surface area (Å²) in [6.45, 7) is 12.7. The second-order valence-electron chi connectivity index (χ2n) is 11.7. The van der Waals surface area contributed by atoms with E-state index >= 15 is 0 Å². The predicted molar refractivity (Wildman–Crippen MR) is 166 cm³/mol. The minimum atomic E-state index is -0.677. The van der Waals surface area contributed by atoms with Crippen molar-refractivity contribution in [3.8, 4) is 0 Å². The number of fused-ring (bicyclic) bond motifs is 1. The van der Waals surface area contributed by atoms with Crippen LogP contribution in [0.2, 0.25) is 10.0 Å². The first-order valence-electron chi connectivity index (χ1n) is 13.6. The largest absolute Gasteiger partial charge is 0.465 e. The molecule has 43 heavy (non-hydrogen) atoms. The van der Waals surface area contributed by atoms with E-state index in [1.807, 2.05) is 0 Å². The van der Waals surface area contributed by atoms with Crippen molar-refractivity contribution in [1.82, 2.24) is 9.80 Å². The van der Waals surface area contributed by atoms with Crippen molar-refractivity contribution in [2.45, 2.75) is 72.8 Å². The molecule has 2 aromatic rings. The third-order valence-electron chi connectivity index (χ3n) is 5.43. The standard InChI is InChI=1S/C16H23ClN2O4.C14H17ClN2O3/c1-5-22-14(20)10-19(15(21)23-16(2,3)4)9-11-8-12(17)6-7-13(11)18;1-14(2,3)20-13(19)17-7-9-6-10(15)4-5-11(9)16-12(18)8-17/h6-8H,5,9-10,18H2,1-4H3;4-6H,7-8H2,1-3H3,(H,16,18). The van der Waals surface area contributed by atoms with Crippen molar-refractivity contribution in [3.05, 3.63) is 57.6 Å². The van der Waals surface area contributed by atoms with Gasteiger partial charge in [-0.05, 0) is 96.0 Å². The molecule has 1 heterocycles. The molecule has 0 unspecified atom stereocenters. The molecule has 0 fully saturated rings. The van der Waals surface area contributed by atoms with Crippen molar-refractivity contribution < 1.29 is 33.4 Å². The number of rotatable bonds is 5. The Morgan fingerprint density at radius 3 is 2.16 bits per heavy atom. The SMILES string of the molecule is CC(C)(C)OC(=O)N1CC(=O)Nc2ccc(Cl)cc2C1.CCOC(=O)CN(Cc1cc(Cl)ccc1N)C(=O)OC(C)(C)C. The summed E-state index contributed by atoms with van der Waals surface area (Å²) in [5.41, 5.74) is 7.19. The predicted octanol–water partition coefficient (Wildman–Crippen LogP) is 6.25. The van der Waals surface area contributed by atoms with E-state index < -0.39 is 29.4 Å². The summed E-state index contributed by atoms with van der Waals surface area (Å²) < 4.78 is 15.5. The quantitative estimate of drug-likeness (QED) is 0.222. The third-order valence-corrected chi connectivity index (χ3v) is 5.90. The normalized spacial score (nSPS) is 13.0. The number of nitrogen functional groups attached to an aromatic ring is 1. The number of ether oxygens (including phenoxy) is 3. The number of hydrogen-bond acceptors (Lipinski definition) is 8. The van der Waals surface area contributed by atoms with E-state index in [9.17, 15) is 19.2 Å². The summed E-state index contributed by atoms with van der Waals surface area (Å²) in [5, 5.41) is 3.80. The lowest BCUT2D eigenvalue weighted by molar-refractivity contribution is -0.144. The molecule has 3 N–H and O–H groups in total. The van der Waals surface area contributed by atoms with Crippen LogP contribution in [0.3, 0.4) is 0 Å². The maximum absolute atomic E-state index is 12.3. The van der Waals surface area contributed by atoms with Gasteiger partial charge in [0.2, 0.25) is 5.91 Å². The van der Waals surface area contributed by atoms with Crippen LogP contribution < -0.4 is 11.1 Å². The number of amides is 3. The minimum absolute atomic E-state index is 0.0405. The number of anilines is 2. The fourth-order valence-electron chi connectivity index (χ4n) is 3.69. The monoisotopic (exact) mass is 638 g/mol. The first kappa shape index (κ1) is 35.5. The molecule has 0 saturated heterocycles. The van der Waals surface area contributed by atoms with Crippen molar-refractivity contribution in [1.29, 1.82) is 0 Å². The van der Waals surface area contributed by atoms with Gasteiger partial charge in [0.25, 0.3) is 0 Å². The molecule has 0 bridgehead atoms. The van der Waals surface area contributed by atoms with Gasteiger partial charge in [-0.25, -0.2) is 9.59 Å². The molecule has 1 aliphatic rings. The lowest BCUT2D eigenvalue weighted by atomic mass is 10.1. The number of esters is 1. The molecule has 11 nitrogen and oxygen atoms in total. The number of carbonyl (C=O) groups is 4. The molecule has 3 rings (SSSR count). The fraction of sp³-hybridized carbons (Fsp3) is 0.467. The van der Waals surface area contributed by atoms with Crippen LogP contribution in [0.15, 0.2) is 36.4 Å². The van der Waals surface area contributed by atoms with Gasteiger partial charge in [-0.1, -0.05) is 23.2 Å². The van der Waals surface area contributed by atoms with E-state index in [2.05, 4.69) is 5.32 Å².